The first-order valence-corrected chi connectivity index (χ1v) is 13.8. The van der Waals surface area contributed by atoms with Gasteiger partial charge in [0.2, 0.25) is 5.91 Å². The van der Waals surface area contributed by atoms with E-state index in [4.69, 9.17) is 0 Å². The Bertz CT molecular complexity index is 1290. The first-order chi connectivity index (χ1) is 16.7. The van der Waals surface area contributed by atoms with Gasteiger partial charge in [0.15, 0.2) is 9.84 Å². The number of carbonyl (C=O) groups excluding carboxylic acids is 3. The normalized spacial score (nSPS) is 24.9. The summed E-state index contributed by atoms with van der Waals surface area (Å²) in [4.78, 5) is 42.2. The molecule has 35 heavy (non-hydrogen) atoms. The lowest BCUT2D eigenvalue weighted by Gasteiger charge is -2.30. The Balaban J connectivity index is 1.37. The third-order valence-electron chi connectivity index (χ3n) is 7.41. The summed E-state index contributed by atoms with van der Waals surface area (Å²) in [7, 11) is -3.23. The first-order valence-electron chi connectivity index (χ1n) is 12.0. The van der Waals surface area contributed by atoms with Crippen molar-refractivity contribution in [2.75, 3.05) is 18.1 Å². The molecular formula is C26H29N3O5S. The Morgan fingerprint density at radius 3 is 2.57 bits per heavy atom. The molecule has 2 aliphatic heterocycles. The van der Waals surface area contributed by atoms with E-state index in [1.807, 2.05) is 48.5 Å². The van der Waals surface area contributed by atoms with E-state index in [9.17, 15) is 22.8 Å². The Morgan fingerprint density at radius 2 is 1.86 bits per heavy atom. The number of hydrogen-bond acceptors (Lipinski definition) is 5. The number of hydrogen-bond donors (Lipinski definition) is 1. The number of benzene rings is 2. The highest BCUT2D eigenvalue weighted by Gasteiger charge is 2.50. The van der Waals surface area contributed by atoms with Gasteiger partial charge in [-0.3, -0.25) is 14.5 Å². The van der Waals surface area contributed by atoms with Crippen molar-refractivity contribution < 1.29 is 22.8 Å². The zero-order valence-corrected chi connectivity index (χ0v) is 20.5. The van der Waals surface area contributed by atoms with E-state index in [1.165, 1.54) is 16.0 Å². The van der Waals surface area contributed by atoms with Gasteiger partial charge in [-0.05, 0) is 54.9 Å². The number of sulfone groups is 1. The molecule has 9 heteroatoms. The molecule has 2 aromatic carbocycles. The first kappa shape index (κ1) is 23.5. The Hall–Kier alpha value is -3.20. The van der Waals surface area contributed by atoms with Gasteiger partial charge in [-0.25, -0.2) is 13.2 Å². The van der Waals surface area contributed by atoms with E-state index in [-0.39, 0.29) is 18.1 Å². The number of urea groups is 1. The van der Waals surface area contributed by atoms with Gasteiger partial charge >= 0.3 is 6.03 Å². The maximum Gasteiger partial charge on any atom is 0.325 e. The van der Waals surface area contributed by atoms with Crippen molar-refractivity contribution in [1.82, 2.24) is 15.1 Å². The second-order valence-corrected chi connectivity index (χ2v) is 12.1. The summed E-state index contributed by atoms with van der Waals surface area (Å²) in [5, 5.41) is 2.79. The van der Waals surface area contributed by atoms with Crippen LogP contribution in [0.15, 0.2) is 48.5 Å². The lowest BCUT2D eigenvalue weighted by molar-refractivity contribution is -0.140. The van der Waals surface area contributed by atoms with Crippen molar-refractivity contribution >= 4 is 27.7 Å². The Kier molecular flexibility index (Phi) is 5.91. The van der Waals surface area contributed by atoms with Crippen LogP contribution in [0.2, 0.25) is 0 Å². The van der Waals surface area contributed by atoms with E-state index in [2.05, 4.69) is 5.32 Å². The predicted molar refractivity (Wildman–Crippen MR) is 130 cm³/mol. The van der Waals surface area contributed by atoms with Crippen LogP contribution in [0.25, 0.3) is 0 Å². The van der Waals surface area contributed by atoms with Crippen LogP contribution in [0.4, 0.5) is 4.79 Å². The van der Waals surface area contributed by atoms with Gasteiger partial charge in [0, 0.05) is 12.6 Å². The number of imide groups is 1. The molecule has 0 bridgehead atoms. The minimum Gasteiger partial charge on any atom is -0.333 e. The summed E-state index contributed by atoms with van der Waals surface area (Å²) < 4.78 is 24.3. The highest BCUT2D eigenvalue weighted by Crippen LogP contribution is 2.33. The average Bonchev–Trinajstić information content (AvgIpc) is 3.50. The molecule has 2 atom stereocenters. The van der Waals surface area contributed by atoms with Gasteiger partial charge in [-0.1, -0.05) is 48.5 Å². The van der Waals surface area contributed by atoms with Gasteiger partial charge in [-0.2, -0.15) is 0 Å². The predicted octanol–water partition coefficient (Wildman–Crippen LogP) is 2.16. The number of rotatable bonds is 6. The van der Waals surface area contributed by atoms with Crippen LogP contribution in [0.3, 0.4) is 0 Å². The number of carbonyl (C=O) groups is 3. The highest BCUT2D eigenvalue weighted by molar-refractivity contribution is 7.91. The largest absolute Gasteiger partial charge is 0.333 e. The van der Waals surface area contributed by atoms with Gasteiger partial charge in [0.25, 0.3) is 5.91 Å². The molecule has 0 radical (unpaired) electrons. The van der Waals surface area contributed by atoms with Crippen molar-refractivity contribution in [2.45, 2.75) is 50.7 Å². The van der Waals surface area contributed by atoms with Gasteiger partial charge in [0.05, 0.1) is 11.5 Å². The molecule has 1 N–H and O–H groups in total. The van der Waals surface area contributed by atoms with Gasteiger partial charge in [-0.15, -0.1) is 0 Å². The van der Waals surface area contributed by atoms with Crippen LogP contribution >= 0.6 is 0 Å². The van der Waals surface area contributed by atoms with E-state index in [0.29, 0.717) is 12.0 Å². The quantitative estimate of drug-likeness (QED) is 0.619. The third-order valence-corrected chi connectivity index (χ3v) is 9.16. The molecule has 3 aliphatic rings. The van der Waals surface area contributed by atoms with Crippen LogP contribution < -0.4 is 5.32 Å². The van der Waals surface area contributed by atoms with Crippen LogP contribution in [0.1, 0.15) is 42.0 Å². The van der Waals surface area contributed by atoms with Crippen LogP contribution in [0.5, 0.6) is 0 Å². The SMILES string of the molecule is C[C@]1(c2ccc3c(c2)CCC3)NC(=O)N(CC(=O)N(Cc2ccccc2)[C@H]2CCS(=O)(=O)C2)C1=O. The van der Waals surface area contributed by atoms with E-state index in [0.717, 1.165) is 29.7 Å². The molecule has 2 heterocycles. The summed E-state index contributed by atoms with van der Waals surface area (Å²) in [6.45, 7) is 1.44. The van der Waals surface area contributed by atoms with Crippen molar-refractivity contribution in [3.8, 4) is 0 Å². The Labute approximate surface area is 205 Å². The summed E-state index contributed by atoms with van der Waals surface area (Å²) in [6.07, 6.45) is 3.38. The second-order valence-electron chi connectivity index (χ2n) is 9.85. The fraction of sp³-hybridized carbons (Fsp3) is 0.423. The molecule has 2 saturated heterocycles. The smallest absolute Gasteiger partial charge is 0.325 e. The van der Waals surface area contributed by atoms with Crippen molar-refractivity contribution in [2.24, 2.45) is 0 Å². The van der Waals surface area contributed by atoms with Crippen LogP contribution in [0, 0.1) is 0 Å². The summed E-state index contributed by atoms with van der Waals surface area (Å²) in [6, 6.07) is 14.1. The molecule has 0 saturated carbocycles. The number of aryl methyl sites for hydroxylation is 2. The molecule has 0 spiro atoms. The molecule has 184 valence electrons. The average molecular weight is 496 g/mol. The fourth-order valence-electron chi connectivity index (χ4n) is 5.37. The summed E-state index contributed by atoms with van der Waals surface area (Å²) in [5.74, 6) is -1.01. The Morgan fingerprint density at radius 1 is 1.11 bits per heavy atom. The topological polar surface area (TPSA) is 104 Å². The molecule has 8 nitrogen and oxygen atoms in total. The number of nitrogens with one attached hydrogen (secondary N) is 1. The minimum absolute atomic E-state index is 0.0236. The number of amides is 4. The third kappa shape index (κ3) is 4.45. The van der Waals surface area contributed by atoms with Crippen molar-refractivity contribution in [3.05, 3.63) is 70.8 Å². The maximum absolute atomic E-state index is 13.5. The molecule has 2 fully saturated rings. The van der Waals surface area contributed by atoms with E-state index in [1.54, 1.807) is 6.92 Å². The standard InChI is InChI=1S/C26H29N3O5S/c1-26(21-11-10-19-8-5-9-20(19)14-21)24(31)29(25(32)27-26)16-23(30)28(15-18-6-3-2-4-7-18)22-12-13-35(33,34)17-22/h2-4,6-7,10-11,14,22H,5,8-9,12-13,15-17H2,1H3,(H,27,32)/t22-,26+/m0/s1. The lowest BCUT2D eigenvalue weighted by Crippen LogP contribution is -2.48. The number of fused-ring (bicyclic) bond motifs is 1. The number of nitrogens with zero attached hydrogens (tertiary/aromatic N) is 2. The lowest BCUT2D eigenvalue weighted by atomic mass is 9.89. The molecule has 2 aromatic rings. The molecular weight excluding hydrogens is 466 g/mol. The molecule has 1 aliphatic carbocycles. The second kappa shape index (κ2) is 8.78. The molecule has 0 unspecified atom stereocenters. The molecule has 0 aromatic heterocycles. The van der Waals surface area contributed by atoms with Gasteiger partial charge < -0.3 is 10.2 Å². The fourth-order valence-corrected chi connectivity index (χ4v) is 7.10. The van der Waals surface area contributed by atoms with Crippen LogP contribution in [-0.4, -0.2) is 60.2 Å². The van der Waals surface area contributed by atoms with E-state index < -0.39 is 45.8 Å². The zero-order chi connectivity index (χ0) is 24.8. The van der Waals surface area contributed by atoms with Crippen molar-refractivity contribution in [1.29, 1.82) is 0 Å². The van der Waals surface area contributed by atoms with Crippen LogP contribution in [-0.2, 0) is 44.4 Å². The zero-order valence-electron chi connectivity index (χ0n) is 19.7. The van der Waals surface area contributed by atoms with Crippen molar-refractivity contribution in [3.63, 3.8) is 0 Å². The maximum atomic E-state index is 13.5. The summed E-state index contributed by atoms with van der Waals surface area (Å²) in [5.41, 5.74) is 2.76. The monoisotopic (exact) mass is 495 g/mol. The summed E-state index contributed by atoms with van der Waals surface area (Å²) >= 11 is 0. The molecule has 4 amide bonds. The molecule has 5 rings (SSSR count). The highest BCUT2D eigenvalue weighted by atomic mass is 32.2. The minimum atomic E-state index is -3.23. The van der Waals surface area contributed by atoms with Gasteiger partial charge in [0.1, 0.15) is 12.1 Å². The van der Waals surface area contributed by atoms with E-state index >= 15 is 0 Å².